The maximum atomic E-state index is 13.5. The SMILES string of the molecule is CNC(=O)CCC(=O)OC(C(=O)c1cc(OC)cc(OC)c1)c1cc(OC)cc(OC)c1. The number of hydrogen-bond acceptors (Lipinski definition) is 8. The van der Waals surface area contributed by atoms with Crippen molar-refractivity contribution in [2.24, 2.45) is 0 Å². The summed E-state index contributed by atoms with van der Waals surface area (Å²) in [5, 5.41) is 2.43. The number of carbonyl (C=O) groups excluding carboxylic acids is 3. The van der Waals surface area contributed by atoms with Crippen LogP contribution in [0, 0.1) is 0 Å². The van der Waals surface area contributed by atoms with Crippen LogP contribution in [0.3, 0.4) is 0 Å². The van der Waals surface area contributed by atoms with Gasteiger partial charge in [-0.2, -0.15) is 0 Å². The predicted molar refractivity (Wildman–Crippen MR) is 116 cm³/mol. The molecule has 0 saturated carbocycles. The molecule has 2 aromatic carbocycles. The van der Waals surface area contributed by atoms with E-state index < -0.39 is 17.9 Å². The number of ketones is 1. The summed E-state index contributed by atoms with van der Waals surface area (Å²) in [6.45, 7) is 0. The van der Waals surface area contributed by atoms with Gasteiger partial charge >= 0.3 is 5.97 Å². The van der Waals surface area contributed by atoms with Crippen molar-refractivity contribution >= 4 is 17.7 Å². The summed E-state index contributed by atoms with van der Waals surface area (Å²) in [7, 11) is 7.34. The molecule has 1 N–H and O–H groups in total. The molecule has 0 aliphatic carbocycles. The Bertz CT molecular complexity index is 928. The number of esters is 1. The van der Waals surface area contributed by atoms with Gasteiger partial charge in [0.15, 0.2) is 6.10 Å². The topological polar surface area (TPSA) is 109 Å². The van der Waals surface area contributed by atoms with E-state index in [1.54, 1.807) is 24.3 Å². The minimum Gasteiger partial charge on any atom is -0.497 e. The standard InChI is InChI=1S/C23H27NO8/c1-24-20(25)6-7-21(26)32-23(15-10-18(30-4)13-19(11-15)31-5)22(27)14-8-16(28-2)12-17(9-14)29-3/h8-13,23H,6-7H2,1-5H3,(H,24,25). The first-order valence-corrected chi connectivity index (χ1v) is 9.75. The summed E-state index contributed by atoms with van der Waals surface area (Å²) in [5.74, 6) is 0.115. The van der Waals surface area contributed by atoms with E-state index in [1.807, 2.05) is 0 Å². The molecule has 0 aromatic heterocycles. The molecule has 0 aliphatic heterocycles. The van der Waals surface area contributed by atoms with Crippen molar-refractivity contribution in [3.63, 3.8) is 0 Å². The molecule has 9 heteroatoms. The summed E-state index contributed by atoms with van der Waals surface area (Å²) >= 11 is 0. The fourth-order valence-corrected chi connectivity index (χ4v) is 2.89. The Morgan fingerprint density at radius 3 is 1.66 bits per heavy atom. The lowest BCUT2D eigenvalue weighted by Gasteiger charge is -2.19. The highest BCUT2D eigenvalue weighted by molar-refractivity contribution is 6.01. The molecule has 1 atom stereocenters. The Morgan fingerprint density at radius 2 is 1.22 bits per heavy atom. The van der Waals surface area contributed by atoms with Gasteiger partial charge < -0.3 is 29.0 Å². The maximum Gasteiger partial charge on any atom is 0.307 e. The number of carbonyl (C=O) groups is 3. The van der Waals surface area contributed by atoms with Gasteiger partial charge in [0.2, 0.25) is 11.7 Å². The van der Waals surface area contributed by atoms with Crippen LogP contribution in [0.15, 0.2) is 36.4 Å². The molecule has 1 amide bonds. The number of Topliss-reactive ketones (excluding diaryl/α,β-unsaturated/α-hetero) is 1. The van der Waals surface area contributed by atoms with Crippen molar-refractivity contribution in [2.75, 3.05) is 35.5 Å². The molecule has 0 fully saturated rings. The zero-order valence-electron chi connectivity index (χ0n) is 18.7. The summed E-state index contributed by atoms with van der Waals surface area (Å²) in [6, 6.07) is 9.45. The second kappa shape index (κ2) is 11.6. The number of nitrogens with one attached hydrogen (secondary N) is 1. The first-order valence-electron chi connectivity index (χ1n) is 9.75. The van der Waals surface area contributed by atoms with E-state index in [4.69, 9.17) is 23.7 Å². The zero-order valence-corrected chi connectivity index (χ0v) is 18.7. The quantitative estimate of drug-likeness (QED) is 0.415. The van der Waals surface area contributed by atoms with Gasteiger partial charge in [-0.05, 0) is 24.3 Å². The molecule has 1 unspecified atom stereocenters. The Labute approximate surface area is 186 Å². The van der Waals surface area contributed by atoms with Crippen molar-refractivity contribution in [2.45, 2.75) is 18.9 Å². The van der Waals surface area contributed by atoms with Gasteiger partial charge in [0, 0.05) is 36.7 Å². The molecule has 0 radical (unpaired) electrons. The fourth-order valence-electron chi connectivity index (χ4n) is 2.89. The monoisotopic (exact) mass is 445 g/mol. The Hall–Kier alpha value is -3.75. The van der Waals surface area contributed by atoms with Gasteiger partial charge in [-0.3, -0.25) is 14.4 Å². The van der Waals surface area contributed by atoms with Crippen LogP contribution in [0.5, 0.6) is 23.0 Å². The largest absolute Gasteiger partial charge is 0.497 e. The van der Waals surface area contributed by atoms with Crippen LogP contribution in [-0.4, -0.2) is 53.1 Å². The second-order valence-corrected chi connectivity index (χ2v) is 6.65. The van der Waals surface area contributed by atoms with Gasteiger partial charge in [-0.25, -0.2) is 0 Å². The van der Waals surface area contributed by atoms with E-state index in [0.29, 0.717) is 28.6 Å². The van der Waals surface area contributed by atoms with E-state index in [2.05, 4.69) is 5.32 Å². The summed E-state index contributed by atoms with van der Waals surface area (Å²) in [4.78, 5) is 37.4. The third-order valence-corrected chi connectivity index (χ3v) is 4.63. The van der Waals surface area contributed by atoms with Crippen molar-refractivity contribution in [3.8, 4) is 23.0 Å². The number of amides is 1. The maximum absolute atomic E-state index is 13.5. The van der Waals surface area contributed by atoms with Crippen molar-refractivity contribution in [3.05, 3.63) is 47.5 Å². The van der Waals surface area contributed by atoms with Crippen molar-refractivity contribution in [1.29, 1.82) is 0 Å². The zero-order chi connectivity index (χ0) is 23.7. The van der Waals surface area contributed by atoms with E-state index in [1.165, 1.54) is 47.6 Å². The first kappa shape index (κ1) is 24.5. The highest BCUT2D eigenvalue weighted by Gasteiger charge is 2.28. The van der Waals surface area contributed by atoms with Crippen molar-refractivity contribution in [1.82, 2.24) is 5.32 Å². The molecular weight excluding hydrogens is 418 g/mol. The van der Waals surface area contributed by atoms with E-state index in [9.17, 15) is 14.4 Å². The smallest absolute Gasteiger partial charge is 0.307 e. The third-order valence-electron chi connectivity index (χ3n) is 4.63. The molecule has 0 bridgehead atoms. The van der Waals surface area contributed by atoms with Crippen LogP contribution in [0.25, 0.3) is 0 Å². The minimum absolute atomic E-state index is 0.0648. The van der Waals surface area contributed by atoms with Crippen LogP contribution in [0.2, 0.25) is 0 Å². The summed E-state index contributed by atoms with van der Waals surface area (Å²) < 4.78 is 26.6. The lowest BCUT2D eigenvalue weighted by Crippen LogP contribution is -2.23. The van der Waals surface area contributed by atoms with Gasteiger partial charge in [-0.15, -0.1) is 0 Å². The normalized spacial score (nSPS) is 11.2. The molecule has 0 heterocycles. The van der Waals surface area contributed by atoms with E-state index in [0.717, 1.165) is 0 Å². The second-order valence-electron chi connectivity index (χ2n) is 6.65. The van der Waals surface area contributed by atoms with E-state index >= 15 is 0 Å². The lowest BCUT2D eigenvalue weighted by atomic mass is 9.98. The van der Waals surface area contributed by atoms with Crippen molar-refractivity contribution < 1.29 is 38.1 Å². The minimum atomic E-state index is -1.31. The summed E-state index contributed by atoms with van der Waals surface area (Å²) in [6.07, 6.45) is -1.57. The molecule has 172 valence electrons. The number of ether oxygens (including phenoxy) is 5. The molecule has 9 nitrogen and oxygen atoms in total. The number of benzene rings is 2. The average Bonchev–Trinajstić information content (AvgIpc) is 2.84. The number of methoxy groups -OCH3 is 4. The van der Waals surface area contributed by atoms with E-state index in [-0.39, 0.29) is 24.3 Å². The fraction of sp³-hybridized carbons (Fsp3) is 0.348. The molecule has 2 rings (SSSR count). The highest BCUT2D eigenvalue weighted by atomic mass is 16.5. The van der Waals surface area contributed by atoms with Crippen LogP contribution >= 0.6 is 0 Å². The van der Waals surface area contributed by atoms with Gasteiger partial charge in [0.25, 0.3) is 0 Å². The van der Waals surface area contributed by atoms with Crippen LogP contribution in [-0.2, 0) is 14.3 Å². The molecular formula is C23H27NO8. The molecule has 32 heavy (non-hydrogen) atoms. The first-order chi connectivity index (χ1) is 15.3. The lowest BCUT2D eigenvalue weighted by molar-refractivity contribution is -0.148. The predicted octanol–water partition coefficient (Wildman–Crippen LogP) is 2.71. The third kappa shape index (κ3) is 6.37. The summed E-state index contributed by atoms with van der Waals surface area (Å²) in [5.41, 5.74) is 0.563. The van der Waals surface area contributed by atoms with Gasteiger partial charge in [0.1, 0.15) is 23.0 Å². The molecule has 0 spiro atoms. The molecule has 0 saturated heterocycles. The molecule has 2 aromatic rings. The average molecular weight is 445 g/mol. The molecule has 0 aliphatic rings. The Kier molecular flexibility index (Phi) is 8.88. The van der Waals surface area contributed by atoms with Crippen LogP contribution in [0.4, 0.5) is 0 Å². The highest BCUT2D eigenvalue weighted by Crippen LogP contribution is 2.32. The number of hydrogen-bond donors (Lipinski definition) is 1. The Morgan fingerprint density at radius 1 is 0.750 bits per heavy atom. The van der Waals surface area contributed by atoms with Gasteiger partial charge in [0.05, 0.1) is 34.9 Å². The Balaban J connectivity index is 2.47. The van der Waals surface area contributed by atoms with Gasteiger partial charge in [-0.1, -0.05) is 0 Å². The van der Waals surface area contributed by atoms with Crippen LogP contribution < -0.4 is 24.3 Å². The van der Waals surface area contributed by atoms with Crippen LogP contribution in [0.1, 0.15) is 34.9 Å². The number of rotatable bonds is 11.